The van der Waals surface area contributed by atoms with Crippen LogP contribution in [-0.2, 0) is 4.79 Å². The van der Waals surface area contributed by atoms with E-state index >= 15 is 0 Å². The molecule has 0 saturated heterocycles. The van der Waals surface area contributed by atoms with Crippen molar-refractivity contribution in [2.45, 2.75) is 25.1 Å². The molecule has 6 heteroatoms. The van der Waals surface area contributed by atoms with Crippen LogP contribution in [0.3, 0.4) is 0 Å². The number of nitrogens with one attached hydrogen (secondary N) is 1. The fourth-order valence-corrected chi connectivity index (χ4v) is 4.41. The first-order chi connectivity index (χ1) is 12.1. The lowest BCUT2D eigenvalue weighted by atomic mass is 10.1. The summed E-state index contributed by atoms with van der Waals surface area (Å²) in [5, 5.41) is 3.01. The Morgan fingerprint density at radius 3 is 2.72 bits per heavy atom. The van der Waals surface area contributed by atoms with E-state index in [9.17, 15) is 4.79 Å². The van der Waals surface area contributed by atoms with Crippen molar-refractivity contribution in [3.63, 3.8) is 0 Å². The molecule has 1 amide bonds. The number of anilines is 1. The highest BCUT2D eigenvalue weighted by molar-refractivity contribution is 8.01. The lowest BCUT2D eigenvalue weighted by Gasteiger charge is -2.10. The quantitative estimate of drug-likeness (QED) is 0.616. The number of fused-ring (bicyclic) bond motifs is 1. The second kappa shape index (κ2) is 7.89. The highest BCUT2D eigenvalue weighted by Gasteiger charge is 2.11. The van der Waals surface area contributed by atoms with E-state index in [0.717, 1.165) is 37.1 Å². The molecule has 0 aliphatic carbocycles. The molecule has 0 fully saturated rings. The van der Waals surface area contributed by atoms with Crippen LogP contribution in [-0.4, -0.2) is 23.3 Å². The summed E-state index contributed by atoms with van der Waals surface area (Å²) in [6, 6.07) is 11.9. The summed E-state index contributed by atoms with van der Waals surface area (Å²) in [5.41, 5.74) is 3.98. The van der Waals surface area contributed by atoms with Crippen molar-refractivity contribution in [1.29, 1.82) is 0 Å². The van der Waals surface area contributed by atoms with Gasteiger partial charge in [-0.3, -0.25) is 4.79 Å². The van der Waals surface area contributed by atoms with Gasteiger partial charge in [-0.05, 0) is 50.1 Å². The average molecular weight is 373 g/mol. The van der Waals surface area contributed by atoms with E-state index in [1.807, 2.05) is 57.2 Å². The topological polar surface area (TPSA) is 51.2 Å². The molecule has 0 aliphatic heterocycles. The van der Waals surface area contributed by atoms with E-state index in [-0.39, 0.29) is 5.91 Å². The van der Waals surface area contributed by atoms with Crippen LogP contribution in [0.5, 0.6) is 5.75 Å². The van der Waals surface area contributed by atoms with Gasteiger partial charge in [-0.15, -0.1) is 11.3 Å². The van der Waals surface area contributed by atoms with E-state index in [1.165, 1.54) is 11.8 Å². The summed E-state index contributed by atoms with van der Waals surface area (Å²) < 4.78 is 7.48. The number of hydrogen-bond donors (Lipinski definition) is 1. The Balaban J connectivity index is 1.65. The van der Waals surface area contributed by atoms with E-state index in [0.29, 0.717) is 12.4 Å². The SMILES string of the molecule is CCOc1ccc2nc(SCC(=O)Nc3c(C)cccc3C)sc2c1. The standard InChI is InChI=1S/C19H20N2O2S2/c1-4-23-14-8-9-15-16(10-14)25-19(20-15)24-11-17(22)21-18-12(2)6-5-7-13(18)3/h5-10H,4,11H2,1-3H3,(H,21,22). The number of carbonyl (C=O) groups is 1. The van der Waals surface area contributed by atoms with Gasteiger partial charge in [0.05, 0.1) is 22.6 Å². The van der Waals surface area contributed by atoms with Gasteiger partial charge in [0.1, 0.15) is 5.75 Å². The van der Waals surface area contributed by atoms with Crippen molar-refractivity contribution in [1.82, 2.24) is 4.98 Å². The van der Waals surface area contributed by atoms with Crippen LogP contribution in [0.1, 0.15) is 18.1 Å². The number of ether oxygens (including phenoxy) is 1. The molecule has 1 heterocycles. The zero-order valence-electron chi connectivity index (χ0n) is 14.5. The van der Waals surface area contributed by atoms with Crippen molar-refractivity contribution in [3.8, 4) is 5.75 Å². The predicted molar refractivity (Wildman–Crippen MR) is 106 cm³/mol. The van der Waals surface area contributed by atoms with Crippen molar-refractivity contribution in [3.05, 3.63) is 47.5 Å². The molecule has 0 bridgehead atoms. The molecule has 1 aromatic heterocycles. The number of amides is 1. The maximum absolute atomic E-state index is 12.3. The molecule has 130 valence electrons. The third kappa shape index (κ3) is 4.32. The maximum atomic E-state index is 12.3. The summed E-state index contributed by atoms with van der Waals surface area (Å²) in [6.07, 6.45) is 0. The molecular weight excluding hydrogens is 352 g/mol. The van der Waals surface area contributed by atoms with E-state index in [4.69, 9.17) is 4.74 Å². The number of hydrogen-bond acceptors (Lipinski definition) is 5. The molecule has 25 heavy (non-hydrogen) atoms. The first-order valence-electron chi connectivity index (χ1n) is 8.09. The summed E-state index contributed by atoms with van der Waals surface area (Å²) in [7, 11) is 0. The minimum absolute atomic E-state index is 0.0170. The Bertz CT molecular complexity index is 885. The molecule has 0 atom stereocenters. The van der Waals surface area contributed by atoms with Gasteiger partial charge in [-0.1, -0.05) is 30.0 Å². The minimum atomic E-state index is -0.0170. The number of rotatable bonds is 6. The second-order valence-corrected chi connectivity index (χ2v) is 7.90. The summed E-state index contributed by atoms with van der Waals surface area (Å²) in [4.78, 5) is 16.8. The highest BCUT2D eigenvalue weighted by Crippen LogP contribution is 2.32. The molecule has 2 aromatic carbocycles. The van der Waals surface area contributed by atoms with E-state index in [2.05, 4.69) is 10.3 Å². The molecule has 0 spiro atoms. The number of thioether (sulfide) groups is 1. The van der Waals surface area contributed by atoms with Gasteiger partial charge < -0.3 is 10.1 Å². The second-order valence-electron chi connectivity index (χ2n) is 5.65. The minimum Gasteiger partial charge on any atom is -0.494 e. The predicted octanol–water partition coefficient (Wildman–Crippen LogP) is 5.04. The van der Waals surface area contributed by atoms with Crippen molar-refractivity contribution in [2.24, 2.45) is 0 Å². The van der Waals surface area contributed by atoms with E-state index < -0.39 is 0 Å². The molecule has 3 aromatic rings. The van der Waals surface area contributed by atoms with E-state index in [1.54, 1.807) is 11.3 Å². The zero-order chi connectivity index (χ0) is 17.8. The lowest BCUT2D eigenvalue weighted by Crippen LogP contribution is -2.15. The van der Waals surface area contributed by atoms with Crippen molar-refractivity contribution in [2.75, 3.05) is 17.7 Å². The zero-order valence-corrected chi connectivity index (χ0v) is 16.1. The third-order valence-corrected chi connectivity index (χ3v) is 5.88. The van der Waals surface area contributed by atoms with Crippen LogP contribution in [0.25, 0.3) is 10.2 Å². The van der Waals surface area contributed by atoms with Gasteiger partial charge in [0.2, 0.25) is 5.91 Å². The van der Waals surface area contributed by atoms with Gasteiger partial charge in [0.15, 0.2) is 4.34 Å². The van der Waals surface area contributed by atoms with Gasteiger partial charge in [-0.2, -0.15) is 0 Å². The Hall–Kier alpha value is -2.05. The third-order valence-electron chi connectivity index (χ3n) is 3.72. The number of benzene rings is 2. The monoisotopic (exact) mass is 372 g/mol. The molecule has 0 aliphatic rings. The Labute approximate surface area is 155 Å². The number of para-hydroxylation sites is 1. The molecule has 0 unspecified atom stereocenters. The number of aryl methyl sites for hydroxylation is 2. The number of thiazole rings is 1. The van der Waals surface area contributed by atoms with Crippen LogP contribution in [0.2, 0.25) is 0 Å². The summed E-state index contributed by atoms with van der Waals surface area (Å²) in [6.45, 7) is 6.61. The van der Waals surface area contributed by atoms with Crippen LogP contribution in [0.15, 0.2) is 40.7 Å². The van der Waals surface area contributed by atoms with Gasteiger partial charge >= 0.3 is 0 Å². The summed E-state index contributed by atoms with van der Waals surface area (Å²) in [5.74, 6) is 1.17. The Morgan fingerprint density at radius 2 is 2.00 bits per heavy atom. The van der Waals surface area contributed by atoms with Gasteiger partial charge in [-0.25, -0.2) is 4.98 Å². The van der Waals surface area contributed by atoms with Gasteiger partial charge in [0, 0.05) is 5.69 Å². The average Bonchev–Trinajstić information content (AvgIpc) is 2.99. The molecule has 4 nitrogen and oxygen atoms in total. The van der Waals surface area contributed by atoms with Crippen LogP contribution in [0, 0.1) is 13.8 Å². The Kier molecular flexibility index (Phi) is 5.60. The van der Waals surface area contributed by atoms with Crippen LogP contribution >= 0.6 is 23.1 Å². The highest BCUT2D eigenvalue weighted by atomic mass is 32.2. The fraction of sp³-hybridized carbons (Fsp3) is 0.263. The van der Waals surface area contributed by atoms with Crippen LogP contribution < -0.4 is 10.1 Å². The largest absolute Gasteiger partial charge is 0.494 e. The lowest BCUT2D eigenvalue weighted by molar-refractivity contribution is -0.113. The number of carbonyl (C=O) groups excluding carboxylic acids is 1. The smallest absolute Gasteiger partial charge is 0.234 e. The molecular formula is C19H20N2O2S2. The molecule has 0 radical (unpaired) electrons. The molecule has 1 N–H and O–H groups in total. The first-order valence-corrected chi connectivity index (χ1v) is 9.89. The van der Waals surface area contributed by atoms with Crippen LogP contribution in [0.4, 0.5) is 5.69 Å². The summed E-state index contributed by atoms with van der Waals surface area (Å²) >= 11 is 3.04. The molecule has 3 rings (SSSR count). The maximum Gasteiger partial charge on any atom is 0.234 e. The number of nitrogens with zero attached hydrogens (tertiary/aromatic N) is 1. The number of aromatic nitrogens is 1. The van der Waals surface area contributed by atoms with Gasteiger partial charge in [0.25, 0.3) is 0 Å². The van der Waals surface area contributed by atoms with Crippen molar-refractivity contribution < 1.29 is 9.53 Å². The van der Waals surface area contributed by atoms with Crippen molar-refractivity contribution >= 4 is 44.9 Å². The molecule has 0 saturated carbocycles. The fourth-order valence-electron chi connectivity index (χ4n) is 2.52. The first kappa shape index (κ1) is 17.8. The normalized spacial score (nSPS) is 10.8. The Morgan fingerprint density at radius 1 is 1.24 bits per heavy atom.